The summed E-state index contributed by atoms with van der Waals surface area (Å²) >= 11 is 5.29. The highest BCUT2D eigenvalue weighted by Gasteiger charge is 2.25. The molecular formula is C22H22N4O4S. The van der Waals surface area contributed by atoms with Gasteiger partial charge < -0.3 is 19.9 Å². The van der Waals surface area contributed by atoms with Crippen LogP contribution in [-0.4, -0.2) is 35.0 Å². The van der Waals surface area contributed by atoms with Gasteiger partial charge in [-0.1, -0.05) is 12.1 Å². The van der Waals surface area contributed by atoms with E-state index in [0.717, 1.165) is 6.42 Å². The molecule has 1 aliphatic rings. The number of carbonyl (C=O) groups excluding carboxylic acids is 2. The lowest BCUT2D eigenvalue weighted by atomic mass is 10.2. The van der Waals surface area contributed by atoms with E-state index in [1.807, 2.05) is 6.07 Å². The van der Waals surface area contributed by atoms with Gasteiger partial charge in [0.2, 0.25) is 11.8 Å². The largest absolute Gasteiger partial charge is 0.495 e. The number of nitrogens with zero attached hydrogens (tertiary/aromatic N) is 2. The summed E-state index contributed by atoms with van der Waals surface area (Å²) in [5.74, 6) is 0.340. The van der Waals surface area contributed by atoms with Gasteiger partial charge in [0.1, 0.15) is 5.75 Å². The third-order valence-corrected chi connectivity index (χ3v) is 5.60. The van der Waals surface area contributed by atoms with Crippen LogP contribution in [-0.2, 0) is 16.1 Å². The molecule has 0 atom stereocenters. The van der Waals surface area contributed by atoms with E-state index in [2.05, 4.69) is 10.3 Å². The number of rotatable bonds is 6. The molecule has 0 bridgehead atoms. The summed E-state index contributed by atoms with van der Waals surface area (Å²) in [5.41, 5.74) is 1.62. The van der Waals surface area contributed by atoms with Crippen LogP contribution in [0.3, 0.4) is 0 Å². The van der Waals surface area contributed by atoms with Gasteiger partial charge in [0, 0.05) is 31.6 Å². The molecule has 0 unspecified atom stereocenters. The Kier molecular flexibility index (Phi) is 5.85. The van der Waals surface area contributed by atoms with Crippen molar-refractivity contribution in [3.05, 3.63) is 57.6 Å². The topological polar surface area (TPSA) is 96.4 Å². The lowest BCUT2D eigenvalue weighted by Crippen LogP contribution is -2.25. The van der Waals surface area contributed by atoms with E-state index in [-0.39, 0.29) is 35.1 Å². The maximum absolute atomic E-state index is 12.7. The lowest BCUT2D eigenvalue weighted by Gasteiger charge is -2.20. The van der Waals surface area contributed by atoms with Gasteiger partial charge in [-0.25, -0.2) is 0 Å². The summed E-state index contributed by atoms with van der Waals surface area (Å²) in [6.45, 7) is 0.772. The number of hydrogen-bond acceptors (Lipinski definition) is 5. The molecular weight excluding hydrogens is 416 g/mol. The third kappa shape index (κ3) is 4.22. The van der Waals surface area contributed by atoms with Crippen molar-refractivity contribution in [3.8, 4) is 5.75 Å². The SMILES string of the molecule is COc1ccc(NC(=O)CCn2c(=S)[nH]c3ccccc3c2=O)cc1N1CCCC1=O. The Morgan fingerprint density at radius 2 is 2.03 bits per heavy atom. The number of para-hydroxylation sites is 1. The van der Waals surface area contributed by atoms with Crippen molar-refractivity contribution in [2.24, 2.45) is 0 Å². The van der Waals surface area contributed by atoms with Crippen molar-refractivity contribution in [1.82, 2.24) is 9.55 Å². The number of amides is 2. The predicted molar refractivity (Wildman–Crippen MR) is 121 cm³/mol. The minimum atomic E-state index is -0.265. The van der Waals surface area contributed by atoms with Crippen LogP contribution in [0.25, 0.3) is 10.9 Å². The fourth-order valence-electron chi connectivity index (χ4n) is 3.72. The van der Waals surface area contributed by atoms with Crippen LogP contribution >= 0.6 is 12.2 Å². The highest BCUT2D eigenvalue weighted by molar-refractivity contribution is 7.71. The van der Waals surface area contributed by atoms with Gasteiger partial charge in [-0.05, 0) is 49.0 Å². The highest BCUT2D eigenvalue weighted by Crippen LogP contribution is 2.34. The number of aromatic amines is 1. The smallest absolute Gasteiger partial charge is 0.262 e. The second kappa shape index (κ2) is 8.73. The van der Waals surface area contributed by atoms with Gasteiger partial charge in [-0.2, -0.15) is 0 Å². The van der Waals surface area contributed by atoms with Crippen LogP contribution < -0.4 is 20.5 Å². The van der Waals surface area contributed by atoms with Crippen molar-refractivity contribution in [1.29, 1.82) is 0 Å². The monoisotopic (exact) mass is 438 g/mol. The number of nitrogens with one attached hydrogen (secondary N) is 2. The molecule has 4 rings (SSSR count). The fraction of sp³-hybridized carbons (Fsp3) is 0.273. The van der Waals surface area contributed by atoms with E-state index in [4.69, 9.17) is 17.0 Å². The standard InChI is InChI=1S/C22H22N4O4S/c1-30-18-9-8-14(13-17(18)25-11-4-7-20(25)28)23-19(27)10-12-26-21(29)15-5-2-3-6-16(15)24-22(26)31/h2-3,5-6,8-9,13H,4,7,10-12H2,1H3,(H,23,27)(H,24,31). The summed E-state index contributed by atoms with van der Waals surface area (Å²) in [7, 11) is 1.54. The molecule has 31 heavy (non-hydrogen) atoms. The Balaban J connectivity index is 1.50. The highest BCUT2D eigenvalue weighted by atomic mass is 32.1. The average molecular weight is 439 g/mol. The first-order chi connectivity index (χ1) is 15.0. The summed E-state index contributed by atoms with van der Waals surface area (Å²) in [6, 6.07) is 12.3. The average Bonchev–Trinajstić information content (AvgIpc) is 3.19. The molecule has 8 nitrogen and oxygen atoms in total. The fourth-order valence-corrected chi connectivity index (χ4v) is 4.00. The van der Waals surface area contributed by atoms with Crippen molar-refractivity contribution in [3.63, 3.8) is 0 Å². The zero-order valence-electron chi connectivity index (χ0n) is 17.0. The minimum Gasteiger partial charge on any atom is -0.495 e. The minimum absolute atomic E-state index is 0.0340. The Hall–Kier alpha value is -3.46. The summed E-state index contributed by atoms with van der Waals surface area (Å²) in [5, 5.41) is 3.35. The van der Waals surface area contributed by atoms with E-state index in [1.165, 1.54) is 4.57 Å². The molecule has 2 heterocycles. The molecule has 2 N–H and O–H groups in total. The van der Waals surface area contributed by atoms with Crippen molar-refractivity contribution < 1.29 is 14.3 Å². The second-order valence-corrected chi connectivity index (χ2v) is 7.65. The van der Waals surface area contributed by atoms with Gasteiger partial charge >= 0.3 is 0 Å². The molecule has 0 spiro atoms. The van der Waals surface area contributed by atoms with E-state index in [0.29, 0.717) is 41.0 Å². The lowest BCUT2D eigenvalue weighted by molar-refractivity contribution is -0.117. The van der Waals surface area contributed by atoms with Gasteiger partial charge in [-0.15, -0.1) is 0 Å². The van der Waals surface area contributed by atoms with Gasteiger partial charge in [0.05, 0.1) is 23.7 Å². The molecule has 2 amide bonds. The number of fused-ring (bicyclic) bond motifs is 1. The third-order valence-electron chi connectivity index (χ3n) is 5.28. The van der Waals surface area contributed by atoms with Crippen LogP contribution in [0.2, 0.25) is 0 Å². The number of carbonyl (C=O) groups is 2. The van der Waals surface area contributed by atoms with E-state index < -0.39 is 0 Å². The maximum atomic E-state index is 12.7. The molecule has 0 saturated carbocycles. The first-order valence-electron chi connectivity index (χ1n) is 9.98. The molecule has 9 heteroatoms. The van der Waals surface area contributed by atoms with Crippen LogP contribution in [0.15, 0.2) is 47.3 Å². The van der Waals surface area contributed by atoms with Crippen molar-refractivity contribution >= 4 is 46.3 Å². The van der Waals surface area contributed by atoms with E-state index in [9.17, 15) is 14.4 Å². The van der Waals surface area contributed by atoms with Crippen LogP contribution in [0.1, 0.15) is 19.3 Å². The number of benzene rings is 2. The normalized spacial score (nSPS) is 13.6. The van der Waals surface area contributed by atoms with E-state index in [1.54, 1.807) is 48.4 Å². The van der Waals surface area contributed by atoms with Crippen molar-refractivity contribution in [2.45, 2.75) is 25.8 Å². The zero-order chi connectivity index (χ0) is 22.0. The molecule has 1 saturated heterocycles. The number of ether oxygens (including phenoxy) is 1. The maximum Gasteiger partial charge on any atom is 0.262 e. The quantitative estimate of drug-likeness (QED) is 0.576. The molecule has 1 aromatic heterocycles. The first kappa shape index (κ1) is 20.8. The first-order valence-corrected chi connectivity index (χ1v) is 10.4. The molecule has 0 aliphatic carbocycles. The van der Waals surface area contributed by atoms with Gasteiger partial charge in [0.25, 0.3) is 5.56 Å². The van der Waals surface area contributed by atoms with Crippen LogP contribution in [0.5, 0.6) is 5.75 Å². The number of aromatic nitrogens is 2. The molecule has 3 aromatic rings. The molecule has 2 aromatic carbocycles. The van der Waals surface area contributed by atoms with Crippen molar-refractivity contribution in [2.75, 3.05) is 23.9 Å². The molecule has 160 valence electrons. The molecule has 1 aliphatic heterocycles. The number of hydrogen-bond donors (Lipinski definition) is 2. The second-order valence-electron chi connectivity index (χ2n) is 7.27. The number of anilines is 2. The predicted octanol–water partition coefficient (Wildman–Crippen LogP) is 3.22. The van der Waals surface area contributed by atoms with Crippen LogP contribution in [0.4, 0.5) is 11.4 Å². The summed E-state index contributed by atoms with van der Waals surface area (Å²) < 4.78 is 7.04. The number of H-pyrrole nitrogens is 1. The Morgan fingerprint density at radius 3 is 2.77 bits per heavy atom. The van der Waals surface area contributed by atoms with Crippen LogP contribution in [0, 0.1) is 4.77 Å². The summed E-state index contributed by atoms with van der Waals surface area (Å²) in [6.07, 6.45) is 1.36. The number of methoxy groups -OCH3 is 1. The Morgan fingerprint density at radius 1 is 1.23 bits per heavy atom. The van der Waals surface area contributed by atoms with E-state index >= 15 is 0 Å². The zero-order valence-corrected chi connectivity index (χ0v) is 17.8. The molecule has 0 radical (unpaired) electrons. The van der Waals surface area contributed by atoms with Gasteiger partial charge in [-0.3, -0.25) is 19.0 Å². The Labute approximate surface area is 183 Å². The summed E-state index contributed by atoms with van der Waals surface area (Å²) in [4.78, 5) is 42.1. The Bertz CT molecular complexity index is 1280. The van der Waals surface area contributed by atoms with Gasteiger partial charge in [0.15, 0.2) is 4.77 Å². The molecule has 1 fully saturated rings.